The van der Waals surface area contributed by atoms with Crippen molar-refractivity contribution in [3.05, 3.63) is 22.7 Å². The molecule has 11 heteroatoms. The molecule has 0 aliphatic carbocycles. The van der Waals surface area contributed by atoms with Crippen LogP contribution in [0.3, 0.4) is 0 Å². The van der Waals surface area contributed by atoms with Crippen LogP contribution in [0.25, 0.3) is 0 Å². The van der Waals surface area contributed by atoms with Gasteiger partial charge in [-0.15, -0.1) is 0 Å². The number of thiol groups is 1. The van der Waals surface area contributed by atoms with Crippen molar-refractivity contribution < 1.29 is 22.7 Å². The second-order valence-corrected chi connectivity index (χ2v) is 16.3. The third-order valence-electron chi connectivity index (χ3n) is 6.25. The van der Waals surface area contributed by atoms with E-state index in [4.69, 9.17) is 19.6 Å². The van der Waals surface area contributed by atoms with Crippen LogP contribution in [0, 0.1) is 0 Å². The number of halogens is 2. The van der Waals surface area contributed by atoms with Crippen LogP contribution < -0.4 is 11.4 Å². The Morgan fingerprint density at radius 2 is 1.94 bits per heavy atom. The lowest BCUT2D eigenvalue weighted by atomic mass is 10.0. The minimum Gasteiger partial charge on any atom is -0.414 e. The summed E-state index contributed by atoms with van der Waals surface area (Å²) in [5.41, 5.74) is 3.82. The molecule has 0 saturated carbocycles. The molecule has 7 nitrogen and oxygen atoms in total. The summed E-state index contributed by atoms with van der Waals surface area (Å²) in [6.07, 6.45) is -0.686. The number of aromatic nitrogens is 2. The Labute approximate surface area is 194 Å². The summed E-state index contributed by atoms with van der Waals surface area (Å²) in [5.74, 6) is -2.70. The lowest BCUT2D eigenvalue weighted by Gasteiger charge is -2.38. The van der Waals surface area contributed by atoms with Gasteiger partial charge in [-0.25, -0.2) is 4.79 Å². The Kier molecular flexibility index (Phi) is 8.25. The largest absolute Gasteiger partial charge is 0.414 e. The predicted molar refractivity (Wildman–Crippen MR) is 128 cm³/mol. The Morgan fingerprint density at radius 1 is 1.31 bits per heavy atom. The number of nitrogen functional groups attached to an aromatic ring is 1. The van der Waals surface area contributed by atoms with E-state index in [1.807, 2.05) is 19.3 Å². The van der Waals surface area contributed by atoms with Crippen LogP contribution in [-0.2, 0) is 25.7 Å². The summed E-state index contributed by atoms with van der Waals surface area (Å²) in [6, 6.07) is 1.29. The van der Waals surface area contributed by atoms with Gasteiger partial charge in [0.2, 0.25) is 6.23 Å². The Balaban J connectivity index is 2.38. The van der Waals surface area contributed by atoms with Gasteiger partial charge in [-0.1, -0.05) is 20.8 Å². The average Bonchev–Trinajstić information content (AvgIpc) is 2.88. The van der Waals surface area contributed by atoms with Crippen molar-refractivity contribution in [1.29, 1.82) is 0 Å². The van der Waals surface area contributed by atoms with Crippen LogP contribution in [0.1, 0.15) is 47.3 Å². The second kappa shape index (κ2) is 9.69. The zero-order valence-corrected chi connectivity index (χ0v) is 22.2. The van der Waals surface area contributed by atoms with Crippen LogP contribution in [0.5, 0.6) is 0 Å². The number of nitrogens with zero attached hydrogens (tertiary/aromatic N) is 2. The molecule has 0 spiro atoms. The highest BCUT2D eigenvalue weighted by atomic mass is 32.2. The first-order valence-electron chi connectivity index (χ1n) is 10.8. The highest BCUT2D eigenvalue weighted by molar-refractivity contribution is 7.77. The molecule has 2 N–H and O–H groups in total. The Morgan fingerprint density at radius 3 is 2.47 bits per heavy atom. The van der Waals surface area contributed by atoms with Gasteiger partial charge in [-0.05, 0) is 49.8 Å². The van der Waals surface area contributed by atoms with E-state index in [0.717, 1.165) is 22.1 Å². The molecule has 1 saturated heterocycles. The quantitative estimate of drug-likeness (QED) is 0.322. The molecule has 1 aromatic heterocycles. The normalized spacial score (nSPS) is 24.1. The number of rotatable bonds is 9. The van der Waals surface area contributed by atoms with Crippen LogP contribution in [0.4, 0.5) is 14.6 Å². The molecule has 1 aliphatic heterocycles. The molecule has 0 amide bonds. The third kappa shape index (κ3) is 6.10. The molecular formula is C21H38F2N3O4SSi+. The van der Waals surface area contributed by atoms with Gasteiger partial charge < -0.3 is 19.6 Å². The highest BCUT2D eigenvalue weighted by Crippen LogP contribution is 2.46. The summed E-state index contributed by atoms with van der Waals surface area (Å²) >= 11 is 1.16. The molecule has 0 unspecified atom stereocenters. The fourth-order valence-corrected chi connectivity index (χ4v) is 4.92. The van der Waals surface area contributed by atoms with E-state index in [1.165, 1.54) is 12.3 Å². The van der Waals surface area contributed by atoms with E-state index in [2.05, 4.69) is 25.8 Å². The SMILES string of the molecule is C[SH+]CCC(C)(C)O[C@@H]1[C@@H](CO[Si](C)(C)C(C)(C)C)O[C@@H](n2ccc(N)nc2=O)C1(F)F. The van der Waals surface area contributed by atoms with E-state index in [-0.39, 0.29) is 17.5 Å². The molecule has 3 atom stereocenters. The van der Waals surface area contributed by atoms with E-state index in [0.29, 0.717) is 6.42 Å². The number of hydrogen-bond acceptors (Lipinski definition) is 6. The Hall–Kier alpha value is -1.01. The number of alkyl halides is 2. The molecule has 1 fully saturated rings. The molecule has 32 heavy (non-hydrogen) atoms. The van der Waals surface area contributed by atoms with Crippen molar-refractivity contribution >= 4 is 25.9 Å². The van der Waals surface area contributed by atoms with Crippen LogP contribution in [0.2, 0.25) is 18.1 Å². The van der Waals surface area contributed by atoms with Crippen molar-refractivity contribution in [2.24, 2.45) is 0 Å². The second-order valence-electron chi connectivity index (χ2n) is 10.4. The van der Waals surface area contributed by atoms with E-state index in [1.54, 1.807) is 13.8 Å². The maximum atomic E-state index is 15.7. The first kappa shape index (κ1) is 27.2. The zero-order chi connectivity index (χ0) is 24.5. The average molecular weight is 495 g/mol. The molecule has 184 valence electrons. The van der Waals surface area contributed by atoms with E-state index < -0.39 is 44.0 Å². The molecule has 0 aromatic carbocycles. The van der Waals surface area contributed by atoms with E-state index >= 15 is 8.78 Å². The van der Waals surface area contributed by atoms with Crippen molar-refractivity contribution in [2.45, 2.75) is 89.1 Å². The van der Waals surface area contributed by atoms with Crippen molar-refractivity contribution in [3.63, 3.8) is 0 Å². The minimum absolute atomic E-state index is 0.0435. The third-order valence-corrected chi connectivity index (χ3v) is 11.4. The summed E-state index contributed by atoms with van der Waals surface area (Å²) in [5, 5.41) is -0.0961. The van der Waals surface area contributed by atoms with Crippen molar-refractivity contribution in [1.82, 2.24) is 9.55 Å². The smallest absolute Gasteiger partial charge is 0.351 e. The summed E-state index contributed by atoms with van der Waals surface area (Å²) in [7, 11) is -2.23. The van der Waals surface area contributed by atoms with Crippen LogP contribution in [0.15, 0.2) is 17.1 Å². The lowest BCUT2D eigenvalue weighted by molar-refractivity contribution is -0.188. The van der Waals surface area contributed by atoms with Gasteiger partial charge in [0.1, 0.15) is 17.7 Å². The molecule has 0 radical (unpaired) electrons. The van der Waals surface area contributed by atoms with Crippen molar-refractivity contribution in [2.75, 3.05) is 24.3 Å². The topological polar surface area (TPSA) is 88.6 Å². The van der Waals surface area contributed by atoms with E-state index in [9.17, 15) is 4.79 Å². The summed E-state index contributed by atoms with van der Waals surface area (Å²) in [6.45, 7) is 13.9. The van der Waals surface area contributed by atoms with Gasteiger partial charge in [0.25, 0.3) is 0 Å². The maximum Gasteiger partial charge on any atom is 0.351 e. The number of anilines is 1. The predicted octanol–water partition coefficient (Wildman–Crippen LogP) is 3.38. The number of hydrogen-bond donors (Lipinski definition) is 1. The molecule has 2 rings (SSSR count). The monoisotopic (exact) mass is 494 g/mol. The molecular weight excluding hydrogens is 456 g/mol. The zero-order valence-electron chi connectivity index (χ0n) is 20.3. The molecule has 1 aromatic rings. The van der Waals surface area contributed by atoms with Gasteiger partial charge >= 0.3 is 11.6 Å². The minimum atomic E-state index is -3.48. The summed E-state index contributed by atoms with van der Waals surface area (Å²) < 4.78 is 50.1. The fourth-order valence-electron chi connectivity index (χ4n) is 3.14. The van der Waals surface area contributed by atoms with Gasteiger partial charge in [0, 0.05) is 12.6 Å². The fraction of sp³-hybridized carbons (Fsp3) is 0.810. The maximum absolute atomic E-state index is 15.7. The first-order valence-corrected chi connectivity index (χ1v) is 15.2. The number of nitrogens with two attached hydrogens (primary N) is 1. The standard InChI is InChI=1S/C21H37F2N3O4SSi/c1-19(2,3)32(7,8)28-13-14-16(30-20(4,5)10-12-31-6)21(22,23)17(29-14)26-11-9-15(24)25-18(26)27/h9,11,14,16-17H,10,12-13H2,1-8H3,(H2,24,25,27)/p+1/t14-,16-,17-/m1/s1. The van der Waals surface area contributed by atoms with Crippen LogP contribution >= 0.6 is 0 Å². The molecule has 2 heterocycles. The van der Waals surface area contributed by atoms with Gasteiger partial charge in [-0.3, -0.25) is 4.57 Å². The molecule has 0 bridgehead atoms. The van der Waals surface area contributed by atoms with Crippen molar-refractivity contribution in [3.8, 4) is 0 Å². The Bertz CT molecular complexity index is 845. The van der Waals surface area contributed by atoms with Crippen LogP contribution in [-0.4, -0.2) is 60.2 Å². The van der Waals surface area contributed by atoms with Gasteiger partial charge in [-0.2, -0.15) is 13.8 Å². The lowest BCUT2D eigenvalue weighted by Crippen LogP contribution is -2.49. The van der Waals surface area contributed by atoms with Gasteiger partial charge in [0.15, 0.2) is 14.4 Å². The molecule has 1 aliphatic rings. The number of ether oxygens (including phenoxy) is 2. The first-order chi connectivity index (χ1) is 14.5. The van der Waals surface area contributed by atoms with Gasteiger partial charge in [0.05, 0.1) is 18.5 Å². The summed E-state index contributed by atoms with van der Waals surface area (Å²) in [4.78, 5) is 15.9. The highest BCUT2D eigenvalue weighted by Gasteiger charge is 2.62.